The van der Waals surface area contributed by atoms with E-state index in [1.54, 1.807) is 48.8 Å². The largest absolute Gasteiger partial charge is 0.424 e. The first-order valence-corrected chi connectivity index (χ1v) is 7.47. The number of hydrogen-bond acceptors (Lipinski definition) is 5. The third-order valence-corrected chi connectivity index (χ3v) is 3.61. The standard InChI is InChI=1S/C19H11FN2O3/c20-15-5-1-12(2-6-15)14-10-21-19(22-11-14)24-16-7-3-13-4-8-18(23)25-17(13)9-16/h1-11H. The quantitative estimate of drug-likeness (QED) is 0.526. The predicted octanol–water partition coefficient (Wildman–Crippen LogP) is 4.18. The first kappa shape index (κ1) is 15.0. The Bertz CT molecular complexity index is 1090. The topological polar surface area (TPSA) is 65.2 Å². The van der Waals surface area contributed by atoms with Gasteiger partial charge in [0.25, 0.3) is 0 Å². The van der Waals surface area contributed by atoms with Crippen LogP contribution in [0.15, 0.2) is 76.2 Å². The molecule has 0 aliphatic heterocycles. The zero-order chi connectivity index (χ0) is 17.2. The van der Waals surface area contributed by atoms with Gasteiger partial charge in [0.2, 0.25) is 0 Å². The lowest BCUT2D eigenvalue weighted by molar-refractivity contribution is 0.441. The van der Waals surface area contributed by atoms with Crippen molar-refractivity contribution < 1.29 is 13.5 Å². The van der Waals surface area contributed by atoms with Crippen molar-refractivity contribution in [1.29, 1.82) is 0 Å². The fourth-order valence-corrected chi connectivity index (χ4v) is 2.37. The summed E-state index contributed by atoms with van der Waals surface area (Å²) in [6.07, 6.45) is 3.19. The maximum Gasteiger partial charge on any atom is 0.336 e. The Morgan fingerprint density at radius 1 is 0.880 bits per heavy atom. The van der Waals surface area contributed by atoms with Gasteiger partial charge in [0.15, 0.2) is 0 Å². The van der Waals surface area contributed by atoms with Crippen molar-refractivity contribution in [2.75, 3.05) is 0 Å². The van der Waals surface area contributed by atoms with Crippen LogP contribution < -0.4 is 10.4 Å². The minimum absolute atomic E-state index is 0.156. The van der Waals surface area contributed by atoms with E-state index in [2.05, 4.69) is 9.97 Å². The van der Waals surface area contributed by atoms with Gasteiger partial charge in [-0.1, -0.05) is 12.1 Å². The normalized spacial score (nSPS) is 10.8. The summed E-state index contributed by atoms with van der Waals surface area (Å²) < 4.78 is 23.7. The minimum atomic E-state index is -0.426. The molecule has 4 rings (SSSR count). The SMILES string of the molecule is O=c1ccc2ccc(Oc3ncc(-c4ccc(F)cc4)cn3)cc2o1. The van der Waals surface area contributed by atoms with Crippen LogP contribution in [0.5, 0.6) is 11.8 Å². The van der Waals surface area contributed by atoms with E-state index >= 15 is 0 Å². The highest BCUT2D eigenvalue weighted by Gasteiger charge is 2.05. The van der Waals surface area contributed by atoms with Crippen molar-refractivity contribution in [2.24, 2.45) is 0 Å². The second-order valence-corrected chi connectivity index (χ2v) is 5.32. The summed E-state index contributed by atoms with van der Waals surface area (Å²) in [7, 11) is 0. The van der Waals surface area contributed by atoms with Crippen LogP contribution in [0.25, 0.3) is 22.1 Å². The van der Waals surface area contributed by atoms with E-state index in [1.807, 2.05) is 0 Å². The molecule has 0 bridgehead atoms. The van der Waals surface area contributed by atoms with Crippen molar-refractivity contribution >= 4 is 11.0 Å². The molecule has 0 saturated heterocycles. The van der Waals surface area contributed by atoms with Crippen molar-refractivity contribution in [1.82, 2.24) is 9.97 Å². The van der Waals surface area contributed by atoms with Gasteiger partial charge in [0, 0.05) is 35.5 Å². The number of nitrogens with zero attached hydrogens (tertiary/aromatic N) is 2. The van der Waals surface area contributed by atoms with Gasteiger partial charge < -0.3 is 9.15 Å². The van der Waals surface area contributed by atoms with Crippen LogP contribution >= 0.6 is 0 Å². The van der Waals surface area contributed by atoms with Crippen LogP contribution in [0.4, 0.5) is 4.39 Å². The minimum Gasteiger partial charge on any atom is -0.424 e. The van der Waals surface area contributed by atoms with Crippen LogP contribution in [-0.2, 0) is 0 Å². The van der Waals surface area contributed by atoms with Gasteiger partial charge >= 0.3 is 11.6 Å². The maximum absolute atomic E-state index is 13.0. The Morgan fingerprint density at radius 3 is 2.36 bits per heavy atom. The lowest BCUT2D eigenvalue weighted by atomic mass is 10.1. The molecule has 5 nitrogen and oxygen atoms in total. The Balaban J connectivity index is 1.58. The number of ether oxygens (including phenoxy) is 1. The Kier molecular flexibility index (Phi) is 3.70. The van der Waals surface area contributed by atoms with Gasteiger partial charge in [0.05, 0.1) is 0 Å². The molecule has 2 heterocycles. The predicted molar refractivity (Wildman–Crippen MR) is 90.0 cm³/mol. The average molecular weight is 334 g/mol. The van der Waals surface area contributed by atoms with E-state index in [4.69, 9.17) is 9.15 Å². The number of hydrogen-bond donors (Lipinski definition) is 0. The van der Waals surface area contributed by atoms with Crippen LogP contribution in [0.3, 0.4) is 0 Å². The molecule has 0 spiro atoms. The van der Waals surface area contributed by atoms with Gasteiger partial charge in [-0.05, 0) is 35.9 Å². The molecule has 0 N–H and O–H groups in total. The molecule has 122 valence electrons. The van der Waals surface area contributed by atoms with Crippen LogP contribution in [0.1, 0.15) is 0 Å². The molecular weight excluding hydrogens is 323 g/mol. The van der Waals surface area contributed by atoms with E-state index < -0.39 is 5.63 Å². The Hall–Kier alpha value is -3.54. The lowest BCUT2D eigenvalue weighted by Crippen LogP contribution is -1.95. The van der Waals surface area contributed by atoms with E-state index in [-0.39, 0.29) is 11.8 Å². The van der Waals surface area contributed by atoms with Gasteiger partial charge in [-0.3, -0.25) is 0 Å². The second-order valence-electron chi connectivity index (χ2n) is 5.32. The van der Waals surface area contributed by atoms with E-state index in [0.717, 1.165) is 16.5 Å². The highest BCUT2D eigenvalue weighted by atomic mass is 19.1. The number of benzene rings is 2. The average Bonchev–Trinajstić information content (AvgIpc) is 2.63. The summed E-state index contributed by atoms with van der Waals surface area (Å²) in [6.45, 7) is 0. The highest BCUT2D eigenvalue weighted by molar-refractivity contribution is 5.77. The molecule has 2 aromatic carbocycles. The summed E-state index contributed by atoms with van der Waals surface area (Å²) in [5.74, 6) is 0.156. The molecular formula is C19H11FN2O3. The molecule has 2 aromatic heterocycles. The fraction of sp³-hybridized carbons (Fsp3) is 0. The zero-order valence-corrected chi connectivity index (χ0v) is 12.8. The molecule has 0 aliphatic carbocycles. The van der Waals surface area contributed by atoms with Crippen molar-refractivity contribution in [3.63, 3.8) is 0 Å². The van der Waals surface area contributed by atoms with Gasteiger partial charge in [-0.2, -0.15) is 0 Å². The third kappa shape index (κ3) is 3.23. The van der Waals surface area contributed by atoms with E-state index in [0.29, 0.717) is 11.3 Å². The zero-order valence-electron chi connectivity index (χ0n) is 12.8. The molecule has 0 radical (unpaired) electrons. The van der Waals surface area contributed by atoms with E-state index in [9.17, 15) is 9.18 Å². The van der Waals surface area contributed by atoms with E-state index in [1.165, 1.54) is 18.2 Å². The molecule has 0 atom stereocenters. The van der Waals surface area contributed by atoms with Gasteiger partial charge in [-0.25, -0.2) is 19.2 Å². The number of rotatable bonds is 3. The molecule has 0 saturated carbocycles. The molecule has 0 unspecified atom stereocenters. The summed E-state index contributed by atoms with van der Waals surface area (Å²) in [5.41, 5.74) is 1.55. The van der Waals surface area contributed by atoms with Crippen LogP contribution in [0, 0.1) is 5.82 Å². The summed E-state index contributed by atoms with van der Waals surface area (Å²) in [4.78, 5) is 19.6. The third-order valence-electron chi connectivity index (χ3n) is 3.61. The Morgan fingerprint density at radius 2 is 1.60 bits per heavy atom. The summed E-state index contributed by atoms with van der Waals surface area (Å²) in [5, 5.41) is 0.791. The monoisotopic (exact) mass is 334 g/mol. The molecule has 25 heavy (non-hydrogen) atoms. The Labute approximate surface area is 141 Å². The molecule has 4 aromatic rings. The molecule has 6 heteroatoms. The fourth-order valence-electron chi connectivity index (χ4n) is 2.37. The lowest BCUT2D eigenvalue weighted by Gasteiger charge is -2.05. The molecule has 0 aliphatic rings. The summed E-state index contributed by atoms with van der Waals surface area (Å²) >= 11 is 0. The molecule has 0 amide bonds. The smallest absolute Gasteiger partial charge is 0.336 e. The first-order chi connectivity index (χ1) is 12.2. The molecule has 0 fully saturated rings. The van der Waals surface area contributed by atoms with Crippen LogP contribution in [-0.4, -0.2) is 9.97 Å². The summed E-state index contributed by atoms with van der Waals surface area (Å²) in [6, 6.07) is 14.4. The number of halogens is 1. The van der Waals surface area contributed by atoms with Crippen molar-refractivity contribution in [3.05, 3.63) is 83.2 Å². The maximum atomic E-state index is 13.0. The first-order valence-electron chi connectivity index (χ1n) is 7.47. The second kappa shape index (κ2) is 6.16. The number of fused-ring (bicyclic) bond motifs is 1. The van der Waals surface area contributed by atoms with Crippen molar-refractivity contribution in [3.8, 4) is 22.9 Å². The van der Waals surface area contributed by atoms with Crippen LogP contribution in [0.2, 0.25) is 0 Å². The van der Waals surface area contributed by atoms with Crippen molar-refractivity contribution in [2.45, 2.75) is 0 Å². The van der Waals surface area contributed by atoms with Gasteiger partial charge in [-0.15, -0.1) is 0 Å². The highest BCUT2D eigenvalue weighted by Crippen LogP contribution is 2.24. The number of aromatic nitrogens is 2. The van der Waals surface area contributed by atoms with Gasteiger partial charge in [0.1, 0.15) is 17.1 Å².